The average Bonchev–Trinajstić information content (AvgIpc) is 2.29. The topological polar surface area (TPSA) is 79.7 Å². The van der Waals surface area contributed by atoms with Gasteiger partial charge >= 0.3 is 11.9 Å². The second kappa shape index (κ2) is 6.47. The second-order valence-electron chi connectivity index (χ2n) is 3.27. The molecule has 0 bridgehead atoms. The van der Waals surface area contributed by atoms with Crippen molar-refractivity contribution in [3.63, 3.8) is 0 Å². The van der Waals surface area contributed by atoms with E-state index >= 15 is 0 Å². The van der Waals surface area contributed by atoms with Gasteiger partial charge in [-0.1, -0.05) is 0 Å². The number of carbonyl (C=O) groups excluding carboxylic acids is 1. The highest BCUT2D eigenvalue weighted by Crippen LogP contribution is 2.11. The van der Waals surface area contributed by atoms with Gasteiger partial charge in [0.05, 0.1) is 18.5 Å². The molecule has 1 aromatic heterocycles. The third-order valence-electron chi connectivity index (χ3n) is 1.96. The number of rotatable bonds is 6. The van der Waals surface area contributed by atoms with Crippen LogP contribution in [0.2, 0.25) is 0 Å². The molecule has 1 N–H and O–H groups in total. The quantitative estimate of drug-likeness (QED) is 0.728. The number of nitrogens with zero attached hydrogens (tertiary/aromatic N) is 2. The Hall–Kier alpha value is -2.11. The van der Waals surface area contributed by atoms with E-state index in [1.165, 1.54) is 11.1 Å². The first-order chi connectivity index (χ1) is 8.13. The first kappa shape index (κ1) is 13.0. The van der Waals surface area contributed by atoms with Crippen LogP contribution in [0.25, 0.3) is 0 Å². The number of pyridine rings is 1. The maximum absolute atomic E-state index is 11.3. The van der Waals surface area contributed by atoms with E-state index in [2.05, 4.69) is 4.98 Å². The first-order valence-corrected chi connectivity index (χ1v) is 5.16. The highest BCUT2D eigenvalue weighted by Gasteiger charge is 2.15. The number of carboxylic acid groups (broad SMARTS) is 1. The number of ether oxygens (including phenoxy) is 1. The summed E-state index contributed by atoms with van der Waals surface area (Å²) in [5.41, 5.74) is 0.572. The number of aromatic nitrogens is 1. The Labute approximate surface area is 98.8 Å². The minimum Gasteiger partial charge on any atom is -0.480 e. The predicted octanol–water partition coefficient (Wildman–Crippen LogP) is 0.536. The zero-order valence-electron chi connectivity index (χ0n) is 9.50. The number of carbonyl (C=O) groups is 2. The van der Waals surface area contributed by atoms with Gasteiger partial charge < -0.3 is 14.7 Å². The molecule has 0 radical (unpaired) electrons. The average molecular weight is 238 g/mol. The summed E-state index contributed by atoms with van der Waals surface area (Å²) in [5.74, 6) is -1.48. The van der Waals surface area contributed by atoms with Gasteiger partial charge in [-0.3, -0.25) is 14.6 Å². The predicted molar refractivity (Wildman–Crippen MR) is 60.7 cm³/mol. The van der Waals surface area contributed by atoms with Gasteiger partial charge in [-0.25, -0.2) is 0 Å². The Morgan fingerprint density at radius 3 is 2.76 bits per heavy atom. The van der Waals surface area contributed by atoms with Gasteiger partial charge in [0.25, 0.3) is 0 Å². The van der Waals surface area contributed by atoms with Crippen LogP contribution in [0.5, 0.6) is 0 Å². The molecular formula is C11H14N2O4. The van der Waals surface area contributed by atoms with E-state index in [1.807, 2.05) is 0 Å². The van der Waals surface area contributed by atoms with Gasteiger partial charge in [0, 0.05) is 6.20 Å². The maximum atomic E-state index is 11.3. The van der Waals surface area contributed by atoms with E-state index in [9.17, 15) is 9.59 Å². The van der Waals surface area contributed by atoms with Crippen LogP contribution in [0, 0.1) is 0 Å². The van der Waals surface area contributed by atoms with Crippen molar-refractivity contribution in [1.82, 2.24) is 4.98 Å². The molecule has 0 atom stereocenters. The molecule has 0 aliphatic rings. The molecule has 0 amide bonds. The molecule has 1 heterocycles. The number of carboxylic acids is 1. The number of esters is 1. The lowest BCUT2D eigenvalue weighted by Gasteiger charge is -2.20. The summed E-state index contributed by atoms with van der Waals surface area (Å²) in [6.07, 6.45) is 3.08. The van der Waals surface area contributed by atoms with Crippen molar-refractivity contribution in [2.45, 2.75) is 6.92 Å². The number of aliphatic carboxylic acids is 1. The Kier molecular flexibility index (Phi) is 4.93. The highest BCUT2D eigenvalue weighted by molar-refractivity contribution is 5.80. The SMILES string of the molecule is CCOC(=O)CN(CC(=O)O)c1cccnc1. The van der Waals surface area contributed by atoms with Crippen LogP contribution in [-0.2, 0) is 14.3 Å². The van der Waals surface area contributed by atoms with Crippen LogP contribution >= 0.6 is 0 Å². The lowest BCUT2D eigenvalue weighted by atomic mass is 10.3. The van der Waals surface area contributed by atoms with Gasteiger partial charge in [0.15, 0.2) is 0 Å². The molecule has 0 fully saturated rings. The molecule has 1 aromatic rings. The zero-order chi connectivity index (χ0) is 12.7. The zero-order valence-corrected chi connectivity index (χ0v) is 9.50. The van der Waals surface area contributed by atoms with E-state index < -0.39 is 11.9 Å². The standard InChI is InChI=1S/C11H14N2O4/c1-2-17-11(16)8-13(7-10(14)15)9-4-3-5-12-6-9/h3-6H,2,7-8H2,1H3,(H,14,15). The molecule has 0 aromatic carbocycles. The Bertz CT molecular complexity index is 380. The molecule has 6 heteroatoms. The molecule has 0 spiro atoms. The van der Waals surface area contributed by atoms with Gasteiger partial charge in [-0.05, 0) is 19.1 Å². The van der Waals surface area contributed by atoms with Crippen molar-refractivity contribution < 1.29 is 19.4 Å². The fourth-order valence-corrected chi connectivity index (χ4v) is 1.31. The second-order valence-corrected chi connectivity index (χ2v) is 3.27. The molecule has 17 heavy (non-hydrogen) atoms. The number of hydrogen-bond donors (Lipinski definition) is 1. The summed E-state index contributed by atoms with van der Waals surface area (Å²) < 4.78 is 4.78. The lowest BCUT2D eigenvalue weighted by molar-refractivity contribution is -0.141. The normalized spacial score (nSPS) is 9.71. The van der Waals surface area contributed by atoms with Gasteiger partial charge in [0.2, 0.25) is 0 Å². The van der Waals surface area contributed by atoms with Gasteiger partial charge in [-0.2, -0.15) is 0 Å². The van der Waals surface area contributed by atoms with E-state index in [1.54, 1.807) is 25.3 Å². The largest absolute Gasteiger partial charge is 0.480 e. The van der Waals surface area contributed by atoms with Crippen LogP contribution in [0.4, 0.5) is 5.69 Å². The molecule has 1 rings (SSSR count). The minimum absolute atomic E-state index is 0.105. The molecular weight excluding hydrogens is 224 g/mol. The molecule has 0 aliphatic carbocycles. The molecule has 92 valence electrons. The first-order valence-electron chi connectivity index (χ1n) is 5.16. The van der Waals surface area contributed by atoms with E-state index in [-0.39, 0.29) is 19.7 Å². The Balaban J connectivity index is 2.74. The highest BCUT2D eigenvalue weighted by atomic mass is 16.5. The maximum Gasteiger partial charge on any atom is 0.325 e. The summed E-state index contributed by atoms with van der Waals surface area (Å²) >= 11 is 0. The fraction of sp³-hybridized carbons (Fsp3) is 0.364. The lowest BCUT2D eigenvalue weighted by Crippen LogP contribution is -2.35. The smallest absolute Gasteiger partial charge is 0.325 e. The number of hydrogen-bond acceptors (Lipinski definition) is 5. The third-order valence-corrected chi connectivity index (χ3v) is 1.96. The van der Waals surface area contributed by atoms with Crippen LogP contribution < -0.4 is 4.90 Å². The van der Waals surface area contributed by atoms with Crippen molar-refractivity contribution in [2.75, 3.05) is 24.6 Å². The minimum atomic E-state index is -1.02. The van der Waals surface area contributed by atoms with Gasteiger partial charge in [-0.15, -0.1) is 0 Å². The van der Waals surface area contributed by atoms with Crippen LogP contribution in [0.1, 0.15) is 6.92 Å². The summed E-state index contributed by atoms with van der Waals surface area (Å²) in [6.45, 7) is 1.59. The van der Waals surface area contributed by atoms with Crippen molar-refractivity contribution in [3.05, 3.63) is 24.5 Å². The summed E-state index contributed by atoms with van der Waals surface area (Å²) in [4.78, 5) is 27.3. The molecule has 0 unspecified atom stereocenters. The third kappa shape index (κ3) is 4.50. The summed E-state index contributed by atoms with van der Waals surface area (Å²) in [6, 6.07) is 3.37. The van der Waals surface area contributed by atoms with E-state index in [0.717, 1.165) is 0 Å². The monoisotopic (exact) mass is 238 g/mol. The van der Waals surface area contributed by atoms with Crippen LogP contribution in [0.15, 0.2) is 24.5 Å². The van der Waals surface area contributed by atoms with Crippen molar-refractivity contribution in [1.29, 1.82) is 0 Å². The van der Waals surface area contributed by atoms with Crippen molar-refractivity contribution >= 4 is 17.6 Å². The van der Waals surface area contributed by atoms with Crippen molar-refractivity contribution in [2.24, 2.45) is 0 Å². The van der Waals surface area contributed by atoms with Gasteiger partial charge in [0.1, 0.15) is 13.1 Å². The van der Waals surface area contributed by atoms with E-state index in [4.69, 9.17) is 9.84 Å². The number of anilines is 1. The summed E-state index contributed by atoms with van der Waals surface area (Å²) in [7, 11) is 0. The molecule has 0 saturated carbocycles. The Morgan fingerprint density at radius 2 is 2.24 bits per heavy atom. The van der Waals surface area contributed by atoms with Crippen molar-refractivity contribution in [3.8, 4) is 0 Å². The Morgan fingerprint density at radius 1 is 1.47 bits per heavy atom. The molecule has 0 saturated heterocycles. The molecule has 0 aliphatic heterocycles. The molecule has 6 nitrogen and oxygen atoms in total. The van der Waals surface area contributed by atoms with Crippen LogP contribution in [0.3, 0.4) is 0 Å². The van der Waals surface area contributed by atoms with E-state index in [0.29, 0.717) is 5.69 Å². The van der Waals surface area contributed by atoms with Crippen LogP contribution in [-0.4, -0.2) is 41.7 Å². The fourth-order valence-electron chi connectivity index (χ4n) is 1.31. The summed E-state index contributed by atoms with van der Waals surface area (Å²) in [5, 5.41) is 8.77.